The lowest BCUT2D eigenvalue weighted by molar-refractivity contribution is 0.278. The van der Waals surface area contributed by atoms with Crippen LogP contribution >= 0.6 is 0 Å². The van der Waals surface area contributed by atoms with Crippen LogP contribution in [-0.2, 0) is 0 Å². The van der Waals surface area contributed by atoms with E-state index in [1.807, 2.05) is 0 Å². The van der Waals surface area contributed by atoms with E-state index in [4.69, 9.17) is 0 Å². The molecule has 0 N–H and O–H groups in total. The minimum absolute atomic E-state index is 0.753. The van der Waals surface area contributed by atoms with Crippen LogP contribution in [0.15, 0.2) is 0 Å². The molecule has 15 heavy (non-hydrogen) atoms. The van der Waals surface area contributed by atoms with E-state index in [2.05, 4.69) is 11.8 Å². The van der Waals surface area contributed by atoms with Crippen molar-refractivity contribution in [1.82, 2.24) is 0 Å². The predicted octanol–water partition coefficient (Wildman–Crippen LogP) is 4.54. The van der Waals surface area contributed by atoms with Gasteiger partial charge in [0.1, 0.15) is 0 Å². The van der Waals surface area contributed by atoms with Crippen LogP contribution in [-0.4, -0.2) is 0 Å². The fourth-order valence-electron chi connectivity index (χ4n) is 3.10. The van der Waals surface area contributed by atoms with E-state index in [0.29, 0.717) is 0 Å². The molecule has 0 aromatic carbocycles. The molecule has 2 aliphatic rings. The van der Waals surface area contributed by atoms with E-state index >= 15 is 0 Å². The first kappa shape index (κ1) is 11.1. The second-order valence-corrected chi connectivity index (χ2v) is 5.28. The van der Waals surface area contributed by atoms with Gasteiger partial charge in [-0.3, -0.25) is 0 Å². The fraction of sp³-hybridized carbons (Fsp3) is 0.867. The number of hydrogen-bond acceptors (Lipinski definition) is 0. The monoisotopic (exact) mass is 204 g/mol. The molecule has 0 aliphatic heterocycles. The number of hydrogen-bond donors (Lipinski definition) is 0. The maximum absolute atomic E-state index is 3.58. The van der Waals surface area contributed by atoms with Gasteiger partial charge in [0.05, 0.1) is 0 Å². The SMILES string of the molecule is C1#CC(C2CCCCC2)CCCCCC1. The smallest absolute Gasteiger partial charge is 0.0231 e. The van der Waals surface area contributed by atoms with Gasteiger partial charge in [-0.1, -0.05) is 44.4 Å². The van der Waals surface area contributed by atoms with Gasteiger partial charge in [-0.05, 0) is 31.6 Å². The van der Waals surface area contributed by atoms with Crippen LogP contribution in [0.5, 0.6) is 0 Å². The summed E-state index contributed by atoms with van der Waals surface area (Å²) in [6, 6.07) is 0. The van der Waals surface area contributed by atoms with Crippen LogP contribution in [0.2, 0.25) is 0 Å². The van der Waals surface area contributed by atoms with Gasteiger partial charge >= 0.3 is 0 Å². The summed E-state index contributed by atoms with van der Waals surface area (Å²) < 4.78 is 0. The predicted molar refractivity (Wildman–Crippen MR) is 65.5 cm³/mol. The van der Waals surface area contributed by atoms with Crippen LogP contribution in [0.3, 0.4) is 0 Å². The molecule has 0 heterocycles. The third-order valence-electron chi connectivity index (χ3n) is 4.07. The van der Waals surface area contributed by atoms with Gasteiger partial charge in [-0.15, -0.1) is 5.92 Å². The Bertz CT molecular complexity index is 224. The van der Waals surface area contributed by atoms with Gasteiger partial charge in [0.15, 0.2) is 0 Å². The van der Waals surface area contributed by atoms with E-state index in [9.17, 15) is 0 Å². The van der Waals surface area contributed by atoms with Gasteiger partial charge in [0.2, 0.25) is 0 Å². The van der Waals surface area contributed by atoms with Crippen LogP contribution in [0.1, 0.15) is 70.6 Å². The van der Waals surface area contributed by atoms with E-state index in [-0.39, 0.29) is 0 Å². The molecule has 0 heteroatoms. The van der Waals surface area contributed by atoms with Crippen molar-refractivity contribution in [3.05, 3.63) is 0 Å². The van der Waals surface area contributed by atoms with E-state index in [0.717, 1.165) is 18.3 Å². The minimum Gasteiger partial charge on any atom is -0.103 e. The molecule has 1 fully saturated rings. The zero-order valence-electron chi connectivity index (χ0n) is 9.93. The highest BCUT2D eigenvalue weighted by atomic mass is 14.3. The van der Waals surface area contributed by atoms with Gasteiger partial charge < -0.3 is 0 Å². The second-order valence-electron chi connectivity index (χ2n) is 5.28. The Balaban J connectivity index is 1.90. The summed E-state index contributed by atoms with van der Waals surface area (Å²) in [7, 11) is 0. The van der Waals surface area contributed by atoms with Crippen LogP contribution in [0.4, 0.5) is 0 Å². The molecule has 0 bridgehead atoms. The van der Waals surface area contributed by atoms with Gasteiger partial charge in [0, 0.05) is 12.3 Å². The summed E-state index contributed by atoms with van der Waals surface area (Å²) in [5.74, 6) is 8.71. The Labute approximate surface area is 94.8 Å². The minimum atomic E-state index is 0.753. The summed E-state index contributed by atoms with van der Waals surface area (Å²) in [6.07, 6.45) is 15.5. The highest BCUT2D eigenvalue weighted by Gasteiger charge is 2.21. The molecule has 0 aromatic heterocycles. The van der Waals surface area contributed by atoms with Crippen molar-refractivity contribution in [2.75, 3.05) is 0 Å². The molecule has 0 spiro atoms. The first-order chi connectivity index (χ1) is 7.47. The lowest BCUT2D eigenvalue weighted by Crippen LogP contribution is -2.16. The van der Waals surface area contributed by atoms with E-state index < -0.39 is 0 Å². The van der Waals surface area contributed by atoms with Gasteiger partial charge in [0.25, 0.3) is 0 Å². The Morgan fingerprint density at radius 2 is 1.33 bits per heavy atom. The summed E-state index contributed by atoms with van der Waals surface area (Å²) in [5, 5.41) is 0. The first-order valence-electron chi connectivity index (χ1n) is 6.95. The van der Waals surface area contributed by atoms with Crippen molar-refractivity contribution < 1.29 is 0 Å². The second kappa shape index (κ2) is 6.21. The Kier molecular flexibility index (Phi) is 4.58. The molecule has 1 atom stereocenters. The molecule has 0 saturated heterocycles. The average molecular weight is 204 g/mol. The summed E-state index contributed by atoms with van der Waals surface area (Å²) in [5.41, 5.74) is 0. The zero-order valence-corrected chi connectivity index (χ0v) is 9.93. The lowest BCUT2D eigenvalue weighted by Gasteiger charge is -2.26. The van der Waals surface area contributed by atoms with E-state index in [1.54, 1.807) is 0 Å². The normalized spacial score (nSPS) is 29.5. The third kappa shape index (κ3) is 3.56. The maximum Gasteiger partial charge on any atom is 0.0231 e. The van der Waals surface area contributed by atoms with Crippen LogP contribution in [0.25, 0.3) is 0 Å². The van der Waals surface area contributed by atoms with Crippen molar-refractivity contribution >= 4 is 0 Å². The van der Waals surface area contributed by atoms with Crippen molar-refractivity contribution in [2.24, 2.45) is 11.8 Å². The summed E-state index contributed by atoms with van der Waals surface area (Å²) in [6.45, 7) is 0. The standard InChI is InChI=1S/C15H24/c1-2-4-7-11-14(10-6-3-1)15-12-8-5-9-13-15/h14-15H,1-6,8-10,12-13H2. The average Bonchev–Trinajstić information content (AvgIpc) is 2.43. The quantitative estimate of drug-likeness (QED) is 0.550. The number of rotatable bonds is 1. The van der Waals surface area contributed by atoms with Gasteiger partial charge in [-0.25, -0.2) is 0 Å². The highest BCUT2D eigenvalue weighted by Crippen LogP contribution is 2.32. The molecule has 0 amide bonds. The molecule has 0 aromatic rings. The zero-order chi connectivity index (χ0) is 10.3. The van der Waals surface area contributed by atoms with Crippen LogP contribution in [0, 0.1) is 23.7 Å². The molecule has 0 nitrogen and oxygen atoms in total. The Morgan fingerprint density at radius 1 is 0.667 bits per heavy atom. The van der Waals surface area contributed by atoms with Crippen molar-refractivity contribution in [1.29, 1.82) is 0 Å². The molecular weight excluding hydrogens is 180 g/mol. The van der Waals surface area contributed by atoms with Crippen molar-refractivity contribution in [3.8, 4) is 11.8 Å². The molecular formula is C15H24. The molecule has 1 unspecified atom stereocenters. The molecule has 2 aliphatic carbocycles. The van der Waals surface area contributed by atoms with Crippen molar-refractivity contribution in [3.63, 3.8) is 0 Å². The fourth-order valence-corrected chi connectivity index (χ4v) is 3.10. The Hall–Kier alpha value is -0.440. The largest absolute Gasteiger partial charge is 0.103 e. The Morgan fingerprint density at radius 3 is 2.20 bits per heavy atom. The molecule has 1 saturated carbocycles. The topological polar surface area (TPSA) is 0 Å². The third-order valence-corrected chi connectivity index (χ3v) is 4.07. The molecule has 2 rings (SSSR count). The highest BCUT2D eigenvalue weighted by molar-refractivity contribution is 5.06. The summed E-state index contributed by atoms with van der Waals surface area (Å²) in [4.78, 5) is 0. The molecule has 84 valence electrons. The van der Waals surface area contributed by atoms with Gasteiger partial charge in [-0.2, -0.15) is 0 Å². The van der Waals surface area contributed by atoms with Crippen LogP contribution < -0.4 is 0 Å². The maximum atomic E-state index is 3.58. The lowest BCUT2D eigenvalue weighted by atomic mass is 9.78. The first-order valence-corrected chi connectivity index (χ1v) is 6.95. The molecule has 0 radical (unpaired) electrons. The van der Waals surface area contributed by atoms with E-state index in [1.165, 1.54) is 64.2 Å². The van der Waals surface area contributed by atoms with Crippen molar-refractivity contribution in [2.45, 2.75) is 70.6 Å². The summed E-state index contributed by atoms with van der Waals surface area (Å²) >= 11 is 0.